The average Bonchev–Trinajstić information content (AvgIpc) is 2.21. The maximum absolute atomic E-state index is 11.5. The van der Waals surface area contributed by atoms with E-state index >= 15 is 0 Å². The number of nitrogens with zero attached hydrogens (tertiary/aromatic N) is 1. The van der Waals surface area contributed by atoms with Crippen molar-refractivity contribution in [3.63, 3.8) is 0 Å². The zero-order valence-corrected chi connectivity index (χ0v) is 10.6. The Bertz CT molecular complexity index is 337. The van der Waals surface area contributed by atoms with Gasteiger partial charge in [-0.15, -0.1) is 0 Å². The molecule has 0 saturated heterocycles. The summed E-state index contributed by atoms with van der Waals surface area (Å²) in [5, 5.41) is 8.58. The summed E-state index contributed by atoms with van der Waals surface area (Å²) in [4.78, 5) is 0. The largest absolute Gasteiger partial charge is 0.212 e. The minimum atomic E-state index is -3.08. The SMILES string of the molecule is CCCS(=O)(=O)NC1CCC(CC#N)CC1. The molecule has 92 valence electrons. The topological polar surface area (TPSA) is 70.0 Å². The first-order valence-electron chi connectivity index (χ1n) is 5.94. The second-order valence-corrected chi connectivity index (χ2v) is 6.39. The van der Waals surface area contributed by atoms with Crippen LogP contribution in [0.2, 0.25) is 0 Å². The average molecular weight is 244 g/mol. The number of nitriles is 1. The van der Waals surface area contributed by atoms with E-state index in [9.17, 15) is 8.42 Å². The lowest BCUT2D eigenvalue weighted by molar-refractivity contribution is 0.317. The molecule has 0 amide bonds. The number of rotatable bonds is 5. The number of sulfonamides is 1. The van der Waals surface area contributed by atoms with Crippen LogP contribution in [-0.4, -0.2) is 20.2 Å². The van der Waals surface area contributed by atoms with Gasteiger partial charge in [0.05, 0.1) is 11.8 Å². The summed E-state index contributed by atoms with van der Waals surface area (Å²) in [7, 11) is -3.08. The van der Waals surface area contributed by atoms with Crippen LogP contribution in [0.1, 0.15) is 45.4 Å². The van der Waals surface area contributed by atoms with E-state index < -0.39 is 10.0 Å². The first kappa shape index (κ1) is 13.5. The molecule has 1 aliphatic carbocycles. The van der Waals surface area contributed by atoms with E-state index in [0.717, 1.165) is 25.7 Å². The summed E-state index contributed by atoms with van der Waals surface area (Å²) < 4.78 is 25.8. The van der Waals surface area contributed by atoms with E-state index in [2.05, 4.69) is 10.8 Å². The molecule has 0 atom stereocenters. The van der Waals surface area contributed by atoms with Crippen LogP contribution in [0.4, 0.5) is 0 Å². The second-order valence-electron chi connectivity index (χ2n) is 4.52. The molecule has 0 spiro atoms. The summed E-state index contributed by atoms with van der Waals surface area (Å²) in [6, 6.07) is 2.27. The summed E-state index contributed by atoms with van der Waals surface area (Å²) in [5.74, 6) is 0.683. The Morgan fingerprint density at radius 1 is 1.31 bits per heavy atom. The number of hydrogen-bond donors (Lipinski definition) is 1. The Labute approximate surface area is 98.1 Å². The molecular weight excluding hydrogens is 224 g/mol. The number of hydrogen-bond acceptors (Lipinski definition) is 3. The highest BCUT2D eigenvalue weighted by molar-refractivity contribution is 7.89. The zero-order chi connectivity index (χ0) is 12.0. The monoisotopic (exact) mass is 244 g/mol. The molecule has 0 unspecified atom stereocenters. The van der Waals surface area contributed by atoms with Crippen molar-refractivity contribution < 1.29 is 8.42 Å². The third-order valence-corrected chi connectivity index (χ3v) is 4.68. The number of nitrogens with one attached hydrogen (secondary N) is 1. The molecule has 0 heterocycles. The lowest BCUT2D eigenvalue weighted by Crippen LogP contribution is -2.38. The van der Waals surface area contributed by atoms with Gasteiger partial charge in [0.2, 0.25) is 10.0 Å². The lowest BCUT2D eigenvalue weighted by Gasteiger charge is -2.27. The third kappa shape index (κ3) is 4.50. The first-order valence-corrected chi connectivity index (χ1v) is 7.59. The van der Waals surface area contributed by atoms with Crippen LogP contribution < -0.4 is 4.72 Å². The Morgan fingerprint density at radius 3 is 2.44 bits per heavy atom. The van der Waals surface area contributed by atoms with Crippen molar-refractivity contribution >= 4 is 10.0 Å². The fourth-order valence-electron chi connectivity index (χ4n) is 2.20. The summed E-state index contributed by atoms with van der Waals surface area (Å²) >= 11 is 0. The van der Waals surface area contributed by atoms with Crippen LogP contribution in [0, 0.1) is 17.2 Å². The summed E-state index contributed by atoms with van der Waals surface area (Å²) in [5.41, 5.74) is 0. The van der Waals surface area contributed by atoms with Crippen LogP contribution in [0.25, 0.3) is 0 Å². The predicted molar refractivity (Wildman–Crippen MR) is 63.2 cm³/mol. The minimum absolute atomic E-state index is 0.0893. The van der Waals surface area contributed by atoms with Gasteiger partial charge in [-0.25, -0.2) is 13.1 Å². The Hall–Kier alpha value is -0.600. The molecule has 16 heavy (non-hydrogen) atoms. The first-order chi connectivity index (χ1) is 7.57. The van der Waals surface area contributed by atoms with E-state index in [-0.39, 0.29) is 11.8 Å². The summed E-state index contributed by atoms with van der Waals surface area (Å²) in [6.07, 6.45) is 4.93. The van der Waals surface area contributed by atoms with Gasteiger partial charge in [0.15, 0.2) is 0 Å². The van der Waals surface area contributed by atoms with Gasteiger partial charge in [0, 0.05) is 12.5 Å². The molecule has 0 aromatic rings. The van der Waals surface area contributed by atoms with Crippen LogP contribution >= 0.6 is 0 Å². The molecule has 1 fully saturated rings. The normalized spacial score (nSPS) is 26.2. The van der Waals surface area contributed by atoms with Gasteiger partial charge in [-0.2, -0.15) is 5.26 Å². The molecule has 4 nitrogen and oxygen atoms in total. The van der Waals surface area contributed by atoms with Gasteiger partial charge in [0.1, 0.15) is 0 Å². The molecule has 1 aliphatic rings. The Kier molecular flexibility index (Phi) is 5.23. The van der Waals surface area contributed by atoms with Crippen LogP contribution in [0.5, 0.6) is 0 Å². The van der Waals surface area contributed by atoms with Gasteiger partial charge in [-0.1, -0.05) is 6.92 Å². The smallest absolute Gasteiger partial charge is 0.211 e. The molecule has 0 aromatic carbocycles. The van der Waals surface area contributed by atoms with E-state index in [4.69, 9.17) is 5.26 Å². The van der Waals surface area contributed by atoms with Gasteiger partial charge < -0.3 is 0 Å². The molecular formula is C11H20N2O2S. The van der Waals surface area contributed by atoms with Crippen molar-refractivity contribution in [3.8, 4) is 6.07 Å². The van der Waals surface area contributed by atoms with Crippen molar-refractivity contribution in [2.24, 2.45) is 5.92 Å². The molecule has 0 bridgehead atoms. The molecule has 1 saturated carbocycles. The Balaban J connectivity index is 2.35. The van der Waals surface area contributed by atoms with Crippen molar-refractivity contribution in [1.82, 2.24) is 4.72 Å². The van der Waals surface area contributed by atoms with Crippen LogP contribution in [0.15, 0.2) is 0 Å². The zero-order valence-electron chi connectivity index (χ0n) is 9.78. The van der Waals surface area contributed by atoms with Gasteiger partial charge >= 0.3 is 0 Å². The van der Waals surface area contributed by atoms with E-state index in [1.807, 2.05) is 6.92 Å². The van der Waals surface area contributed by atoms with E-state index in [1.165, 1.54) is 0 Å². The standard InChI is InChI=1S/C11H20N2O2S/c1-2-9-16(14,15)13-11-5-3-10(4-6-11)7-8-12/h10-11,13H,2-7,9H2,1H3. The highest BCUT2D eigenvalue weighted by atomic mass is 32.2. The highest BCUT2D eigenvalue weighted by Crippen LogP contribution is 2.26. The fourth-order valence-corrected chi connectivity index (χ4v) is 3.59. The van der Waals surface area contributed by atoms with Gasteiger partial charge in [0.25, 0.3) is 0 Å². The lowest BCUT2D eigenvalue weighted by atomic mass is 9.85. The minimum Gasteiger partial charge on any atom is -0.212 e. The predicted octanol–water partition coefficient (Wildman–Crippen LogP) is 1.79. The molecule has 0 aliphatic heterocycles. The van der Waals surface area contributed by atoms with Crippen molar-refractivity contribution in [1.29, 1.82) is 5.26 Å². The van der Waals surface area contributed by atoms with Gasteiger partial charge in [-0.05, 0) is 38.0 Å². The highest BCUT2D eigenvalue weighted by Gasteiger charge is 2.24. The molecule has 1 N–H and O–H groups in total. The van der Waals surface area contributed by atoms with E-state index in [1.54, 1.807) is 0 Å². The molecule has 0 radical (unpaired) electrons. The van der Waals surface area contributed by atoms with Crippen LogP contribution in [0.3, 0.4) is 0 Å². The van der Waals surface area contributed by atoms with Crippen LogP contribution in [-0.2, 0) is 10.0 Å². The van der Waals surface area contributed by atoms with Crippen molar-refractivity contribution in [2.45, 2.75) is 51.5 Å². The molecule has 0 aromatic heterocycles. The maximum Gasteiger partial charge on any atom is 0.211 e. The maximum atomic E-state index is 11.5. The fraction of sp³-hybridized carbons (Fsp3) is 0.909. The summed E-state index contributed by atoms with van der Waals surface area (Å²) in [6.45, 7) is 1.86. The third-order valence-electron chi connectivity index (χ3n) is 3.05. The second kappa shape index (κ2) is 6.21. The molecule has 1 rings (SSSR count). The Morgan fingerprint density at radius 2 is 1.94 bits per heavy atom. The quantitative estimate of drug-likeness (QED) is 0.801. The van der Waals surface area contributed by atoms with Crippen molar-refractivity contribution in [2.75, 3.05) is 5.75 Å². The molecule has 5 heteroatoms. The van der Waals surface area contributed by atoms with Gasteiger partial charge in [-0.3, -0.25) is 0 Å². The van der Waals surface area contributed by atoms with E-state index in [0.29, 0.717) is 18.8 Å². The van der Waals surface area contributed by atoms with Crippen molar-refractivity contribution in [3.05, 3.63) is 0 Å².